The summed E-state index contributed by atoms with van der Waals surface area (Å²) in [5, 5.41) is 0. The third-order valence-corrected chi connectivity index (χ3v) is 4.38. The van der Waals surface area contributed by atoms with E-state index in [1.165, 1.54) is 21.2 Å². The van der Waals surface area contributed by atoms with Gasteiger partial charge in [0, 0.05) is 22.2 Å². The maximum Gasteiger partial charge on any atom is 0.0555 e. The van der Waals surface area contributed by atoms with E-state index >= 15 is 0 Å². The number of halogens is 1. The quantitative estimate of drug-likeness (QED) is 0.572. The molecule has 0 aromatic heterocycles. The van der Waals surface area contributed by atoms with Gasteiger partial charge in [0.2, 0.25) is 0 Å². The average Bonchev–Trinajstić information content (AvgIpc) is 2.46. The van der Waals surface area contributed by atoms with Crippen molar-refractivity contribution in [2.75, 3.05) is 17.3 Å². The number of nitrogens with zero attached hydrogens (tertiary/aromatic N) is 1. The molecule has 2 aromatic carbocycles. The van der Waals surface area contributed by atoms with Crippen LogP contribution in [0.15, 0.2) is 70.5 Å². The Bertz CT molecular complexity index is 564. The van der Waals surface area contributed by atoms with E-state index in [2.05, 4.69) is 59.5 Å². The minimum atomic E-state index is 0.561. The monoisotopic (exact) mass is 287 g/mol. The number of rotatable bonds is 3. The summed E-state index contributed by atoms with van der Waals surface area (Å²) in [4.78, 5) is 4.95. The van der Waals surface area contributed by atoms with E-state index < -0.39 is 0 Å². The maximum absolute atomic E-state index is 5.71. The normalized spacial score (nSPS) is 13.4. The van der Waals surface area contributed by atoms with Crippen molar-refractivity contribution in [3.05, 3.63) is 60.7 Å². The Kier molecular flexibility index (Phi) is 3.81. The van der Waals surface area contributed by atoms with Gasteiger partial charge in [0.15, 0.2) is 0 Å². The molecule has 0 spiro atoms. The molecular weight excluding hydrogens is 274 g/mol. The fraction of sp³-hybridized carbons (Fsp3) is 0.125. The third-order valence-electron chi connectivity index (χ3n) is 3.08. The Morgan fingerprint density at radius 1 is 0.895 bits per heavy atom. The fourth-order valence-corrected chi connectivity index (χ4v) is 3.44. The lowest BCUT2D eigenvalue weighted by molar-refractivity contribution is 1.03. The molecule has 2 aromatic rings. The molecule has 19 heavy (non-hydrogen) atoms. The standard InChI is InChI=1S/C16H14ClNS/c17-11-5-6-12-18-13-7-1-3-9-15(13)19-16-10-4-2-8-14(16)18/h1-10H,11-12H2. The molecule has 0 bridgehead atoms. The zero-order valence-corrected chi connectivity index (χ0v) is 12.0. The van der Waals surface area contributed by atoms with Gasteiger partial charge in [-0.1, -0.05) is 48.2 Å². The summed E-state index contributed by atoms with van der Waals surface area (Å²) >= 11 is 7.54. The lowest BCUT2D eigenvalue weighted by atomic mass is 10.2. The minimum Gasteiger partial charge on any atom is -0.336 e. The van der Waals surface area contributed by atoms with E-state index in [9.17, 15) is 0 Å². The molecule has 0 unspecified atom stereocenters. The van der Waals surface area contributed by atoms with Crippen molar-refractivity contribution < 1.29 is 0 Å². The SMILES string of the molecule is ClCC=CCN1c2ccccc2Sc2ccccc21. The van der Waals surface area contributed by atoms with E-state index in [-0.39, 0.29) is 0 Å². The van der Waals surface area contributed by atoms with Gasteiger partial charge in [0.25, 0.3) is 0 Å². The third kappa shape index (κ3) is 2.51. The Labute approximate surface area is 122 Å². The van der Waals surface area contributed by atoms with E-state index in [1.807, 2.05) is 17.8 Å². The van der Waals surface area contributed by atoms with Crippen LogP contribution in [0.4, 0.5) is 11.4 Å². The molecule has 1 heterocycles. The number of hydrogen-bond acceptors (Lipinski definition) is 2. The number of fused-ring (bicyclic) bond motifs is 2. The second-order valence-electron chi connectivity index (χ2n) is 4.27. The minimum absolute atomic E-state index is 0.561. The van der Waals surface area contributed by atoms with Crippen LogP contribution < -0.4 is 4.90 Å². The molecule has 0 radical (unpaired) electrons. The van der Waals surface area contributed by atoms with Crippen molar-refractivity contribution in [2.45, 2.75) is 9.79 Å². The Hall–Kier alpha value is -1.38. The van der Waals surface area contributed by atoms with Gasteiger partial charge in [-0.15, -0.1) is 11.6 Å². The van der Waals surface area contributed by atoms with Crippen LogP contribution in [0.25, 0.3) is 0 Å². The number of para-hydroxylation sites is 2. The molecular formula is C16H14ClNS. The summed E-state index contributed by atoms with van der Waals surface area (Å²) in [7, 11) is 0. The van der Waals surface area contributed by atoms with Gasteiger partial charge in [0.1, 0.15) is 0 Å². The predicted molar refractivity (Wildman–Crippen MR) is 83.9 cm³/mol. The molecule has 1 nitrogen and oxygen atoms in total. The Morgan fingerprint density at radius 2 is 1.47 bits per heavy atom. The Morgan fingerprint density at radius 3 is 2.05 bits per heavy atom. The van der Waals surface area contributed by atoms with Crippen molar-refractivity contribution >= 4 is 34.7 Å². The summed E-state index contributed by atoms with van der Waals surface area (Å²) in [6, 6.07) is 17.1. The smallest absolute Gasteiger partial charge is 0.0555 e. The van der Waals surface area contributed by atoms with Gasteiger partial charge in [-0.3, -0.25) is 0 Å². The van der Waals surface area contributed by atoms with Gasteiger partial charge < -0.3 is 4.90 Å². The van der Waals surface area contributed by atoms with Crippen molar-refractivity contribution in [1.29, 1.82) is 0 Å². The van der Waals surface area contributed by atoms with Crippen LogP contribution >= 0.6 is 23.4 Å². The molecule has 3 heteroatoms. The van der Waals surface area contributed by atoms with Crippen LogP contribution in [0.1, 0.15) is 0 Å². The predicted octanol–water partition coefficient (Wildman–Crippen LogP) is 5.08. The molecule has 0 atom stereocenters. The van der Waals surface area contributed by atoms with Crippen LogP contribution in [0.3, 0.4) is 0 Å². The number of anilines is 2. The van der Waals surface area contributed by atoms with E-state index in [1.54, 1.807) is 0 Å². The second kappa shape index (κ2) is 5.72. The average molecular weight is 288 g/mol. The first-order valence-electron chi connectivity index (χ1n) is 6.24. The number of benzene rings is 2. The van der Waals surface area contributed by atoms with Crippen LogP contribution in [0.2, 0.25) is 0 Å². The van der Waals surface area contributed by atoms with Crippen LogP contribution in [0.5, 0.6) is 0 Å². The molecule has 0 fully saturated rings. The molecule has 1 aliphatic rings. The van der Waals surface area contributed by atoms with Gasteiger partial charge in [-0.05, 0) is 24.3 Å². The maximum atomic E-state index is 5.71. The van der Waals surface area contributed by atoms with Gasteiger partial charge in [-0.25, -0.2) is 0 Å². The summed E-state index contributed by atoms with van der Waals surface area (Å²) < 4.78 is 0. The number of hydrogen-bond donors (Lipinski definition) is 0. The molecule has 0 saturated carbocycles. The van der Waals surface area contributed by atoms with Crippen molar-refractivity contribution in [2.24, 2.45) is 0 Å². The van der Waals surface area contributed by atoms with Crippen LogP contribution in [-0.4, -0.2) is 12.4 Å². The zero-order valence-electron chi connectivity index (χ0n) is 10.4. The van der Waals surface area contributed by atoms with Gasteiger partial charge in [0.05, 0.1) is 11.4 Å². The van der Waals surface area contributed by atoms with Gasteiger partial charge >= 0.3 is 0 Å². The summed E-state index contributed by atoms with van der Waals surface area (Å²) in [5.74, 6) is 0.561. The first kappa shape index (κ1) is 12.6. The highest BCUT2D eigenvalue weighted by Gasteiger charge is 2.21. The second-order valence-corrected chi connectivity index (χ2v) is 5.67. The fourth-order valence-electron chi connectivity index (χ4n) is 2.22. The highest BCUT2D eigenvalue weighted by molar-refractivity contribution is 7.99. The highest BCUT2D eigenvalue weighted by Crippen LogP contribution is 2.47. The molecule has 0 N–H and O–H groups in total. The molecule has 0 aliphatic carbocycles. The number of allylic oxidation sites excluding steroid dienone is 1. The molecule has 0 amide bonds. The lowest BCUT2D eigenvalue weighted by Crippen LogP contribution is -2.20. The van der Waals surface area contributed by atoms with Crippen molar-refractivity contribution in [3.8, 4) is 0 Å². The largest absolute Gasteiger partial charge is 0.336 e. The van der Waals surface area contributed by atoms with E-state index in [0.717, 1.165) is 6.54 Å². The van der Waals surface area contributed by atoms with Crippen LogP contribution in [-0.2, 0) is 0 Å². The van der Waals surface area contributed by atoms with E-state index in [4.69, 9.17) is 11.6 Å². The molecule has 0 saturated heterocycles. The first-order chi connectivity index (χ1) is 9.40. The van der Waals surface area contributed by atoms with Gasteiger partial charge in [-0.2, -0.15) is 0 Å². The summed E-state index contributed by atoms with van der Waals surface area (Å²) in [6.07, 6.45) is 4.12. The first-order valence-corrected chi connectivity index (χ1v) is 7.59. The van der Waals surface area contributed by atoms with Crippen molar-refractivity contribution in [3.63, 3.8) is 0 Å². The topological polar surface area (TPSA) is 3.24 Å². The zero-order chi connectivity index (χ0) is 13.1. The lowest BCUT2D eigenvalue weighted by Gasteiger charge is -2.31. The van der Waals surface area contributed by atoms with Crippen molar-refractivity contribution in [1.82, 2.24) is 0 Å². The molecule has 96 valence electrons. The number of alkyl halides is 1. The van der Waals surface area contributed by atoms with Crippen LogP contribution in [0, 0.1) is 0 Å². The van der Waals surface area contributed by atoms with E-state index in [0.29, 0.717) is 5.88 Å². The molecule has 1 aliphatic heterocycles. The highest BCUT2D eigenvalue weighted by atomic mass is 35.5. The Balaban J connectivity index is 2.03. The summed E-state index contributed by atoms with van der Waals surface area (Å²) in [6.45, 7) is 0.849. The molecule has 3 rings (SSSR count). The summed E-state index contributed by atoms with van der Waals surface area (Å²) in [5.41, 5.74) is 2.54.